The van der Waals surface area contributed by atoms with E-state index in [9.17, 15) is 8.42 Å². The van der Waals surface area contributed by atoms with Crippen molar-refractivity contribution in [3.63, 3.8) is 0 Å². The molecule has 0 aromatic heterocycles. The Labute approximate surface area is 201 Å². The Morgan fingerprint density at radius 3 is 2.27 bits per heavy atom. The van der Waals surface area contributed by atoms with Crippen molar-refractivity contribution in [2.75, 3.05) is 20.1 Å². The molecular formula is C21H28ClIN4O2S. The fraction of sp³-hybridized carbons (Fsp3) is 0.381. The summed E-state index contributed by atoms with van der Waals surface area (Å²) in [6.07, 6.45) is 2.95. The van der Waals surface area contributed by atoms with E-state index in [1.807, 2.05) is 30.3 Å². The second-order valence-corrected chi connectivity index (χ2v) is 9.39. The van der Waals surface area contributed by atoms with Crippen LogP contribution in [0, 0.1) is 0 Å². The van der Waals surface area contributed by atoms with Gasteiger partial charge in [-0.2, -0.15) is 4.31 Å². The maximum atomic E-state index is 12.9. The maximum Gasteiger partial charge on any atom is 0.243 e. The molecule has 0 radical (unpaired) electrons. The Kier molecular flexibility index (Phi) is 9.86. The normalized spacial score (nSPS) is 15.3. The molecule has 164 valence electrons. The van der Waals surface area contributed by atoms with Crippen LogP contribution in [0.1, 0.15) is 30.4 Å². The van der Waals surface area contributed by atoms with Crippen molar-refractivity contribution in [2.45, 2.75) is 37.2 Å². The molecule has 3 rings (SSSR count). The summed E-state index contributed by atoms with van der Waals surface area (Å²) in [5.41, 5.74) is 1.98. The van der Waals surface area contributed by atoms with Gasteiger partial charge in [-0.05, 0) is 48.2 Å². The monoisotopic (exact) mass is 562 g/mol. The molecule has 2 N–H and O–H groups in total. The van der Waals surface area contributed by atoms with Crippen molar-refractivity contribution in [1.29, 1.82) is 0 Å². The number of hydrogen-bond donors (Lipinski definition) is 2. The zero-order valence-corrected chi connectivity index (χ0v) is 20.9. The van der Waals surface area contributed by atoms with Gasteiger partial charge in [-0.25, -0.2) is 8.42 Å². The van der Waals surface area contributed by atoms with Gasteiger partial charge in [0.15, 0.2) is 5.96 Å². The third-order valence-corrected chi connectivity index (χ3v) is 7.05. The molecular weight excluding hydrogens is 535 g/mol. The van der Waals surface area contributed by atoms with Crippen LogP contribution in [-0.2, 0) is 23.1 Å². The molecule has 1 saturated heterocycles. The summed E-state index contributed by atoms with van der Waals surface area (Å²) in [7, 11) is -1.73. The van der Waals surface area contributed by atoms with E-state index in [0.717, 1.165) is 30.4 Å². The molecule has 0 amide bonds. The maximum absolute atomic E-state index is 12.9. The lowest BCUT2D eigenvalue weighted by atomic mass is 10.2. The number of nitrogens with zero attached hydrogens (tertiary/aromatic N) is 2. The number of sulfonamides is 1. The molecule has 30 heavy (non-hydrogen) atoms. The lowest BCUT2D eigenvalue weighted by Gasteiger charge is -2.26. The molecule has 0 aliphatic carbocycles. The Morgan fingerprint density at radius 1 is 1.00 bits per heavy atom. The van der Waals surface area contributed by atoms with Crippen LogP contribution in [0.15, 0.2) is 58.4 Å². The minimum Gasteiger partial charge on any atom is -0.352 e. The highest BCUT2D eigenvalue weighted by Crippen LogP contribution is 2.21. The van der Waals surface area contributed by atoms with Crippen LogP contribution in [0.25, 0.3) is 0 Å². The van der Waals surface area contributed by atoms with Crippen molar-refractivity contribution in [3.8, 4) is 0 Å². The number of piperidine rings is 1. The van der Waals surface area contributed by atoms with Gasteiger partial charge in [-0.3, -0.25) is 4.99 Å². The molecule has 1 aliphatic rings. The number of aliphatic imine (C=N–C) groups is 1. The minimum atomic E-state index is -3.43. The molecule has 0 spiro atoms. The first-order chi connectivity index (χ1) is 14.0. The average molecular weight is 563 g/mol. The Hall–Kier alpha value is -1.36. The fourth-order valence-corrected chi connectivity index (χ4v) is 4.98. The Balaban J connectivity index is 0.00000320. The first-order valence-electron chi connectivity index (χ1n) is 9.77. The standard InChI is InChI=1S/C21H27ClN4O2S.HI/c1-23-21(24-15-17-8-10-19(22)11-9-17)25-16-18-6-5-7-20(14-18)29(27,28)26-12-3-2-4-13-26;/h5-11,14H,2-4,12-13,15-16H2,1H3,(H2,23,24,25);1H. The van der Waals surface area contributed by atoms with E-state index >= 15 is 0 Å². The molecule has 2 aromatic rings. The lowest BCUT2D eigenvalue weighted by Crippen LogP contribution is -2.36. The Morgan fingerprint density at radius 2 is 1.63 bits per heavy atom. The number of rotatable bonds is 6. The highest BCUT2D eigenvalue weighted by molar-refractivity contribution is 14.0. The van der Waals surface area contributed by atoms with Gasteiger partial charge < -0.3 is 10.6 Å². The predicted molar refractivity (Wildman–Crippen MR) is 133 cm³/mol. The molecule has 0 saturated carbocycles. The van der Waals surface area contributed by atoms with Crippen LogP contribution in [0.4, 0.5) is 0 Å². The topological polar surface area (TPSA) is 73.8 Å². The van der Waals surface area contributed by atoms with Gasteiger partial charge in [0, 0.05) is 38.2 Å². The molecule has 0 unspecified atom stereocenters. The number of benzene rings is 2. The van der Waals surface area contributed by atoms with Gasteiger partial charge in [-0.1, -0.05) is 42.3 Å². The quantitative estimate of drug-likeness (QED) is 0.317. The number of hydrogen-bond acceptors (Lipinski definition) is 3. The molecule has 2 aromatic carbocycles. The molecule has 1 aliphatic heterocycles. The summed E-state index contributed by atoms with van der Waals surface area (Å²) in [5, 5.41) is 7.18. The lowest BCUT2D eigenvalue weighted by molar-refractivity contribution is 0.346. The van der Waals surface area contributed by atoms with Crippen molar-refractivity contribution in [2.24, 2.45) is 4.99 Å². The van der Waals surface area contributed by atoms with E-state index in [2.05, 4.69) is 15.6 Å². The molecule has 1 heterocycles. The molecule has 0 atom stereocenters. The van der Waals surface area contributed by atoms with E-state index in [0.29, 0.717) is 42.1 Å². The van der Waals surface area contributed by atoms with Gasteiger partial charge >= 0.3 is 0 Å². The summed E-state index contributed by atoms with van der Waals surface area (Å²) >= 11 is 5.91. The zero-order valence-electron chi connectivity index (χ0n) is 17.0. The largest absolute Gasteiger partial charge is 0.352 e. The van der Waals surface area contributed by atoms with Gasteiger partial charge in [-0.15, -0.1) is 24.0 Å². The molecule has 0 bridgehead atoms. The summed E-state index contributed by atoms with van der Waals surface area (Å²) < 4.78 is 27.3. The van der Waals surface area contributed by atoms with E-state index in [1.54, 1.807) is 29.6 Å². The molecule has 6 nitrogen and oxygen atoms in total. The van der Waals surface area contributed by atoms with E-state index in [4.69, 9.17) is 11.6 Å². The summed E-state index contributed by atoms with van der Waals surface area (Å²) in [5.74, 6) is 0.643. The number of guanidine groups is 1. The van der Waals surface area contributed by atoms with Gasteiger partial charge in [0.05, 0.1) is 4.90 Å². The third-order valence-electron chi connectivity index (χ3n) is 4.91. The van der Waals surface area contributed by atoms with Crippen molar-refractivity contribution >= 4 is 51.6 Å². The fourth-order valence-electron chi connectivity index (χ4n) is 3.26. The zero-order chi connectivity index (χ0) is 20.7. The second-order valence-electron chi connectivity index (χ2n) is 7.02. The highest BCUT2D eigenvalue weighted by atomic mass is 127. The van der Waals surface area contributed by atoms with Crippen LogP contribution in [-0.4, -0.2) is 38.8 Å². The van der Waals surface area contributed by atoms with Gasteiger partial charge in [0.25, 0.3) is 0 Å². The van der Waals surface area contributed by atoms with Crippen LogP contribution in [0.3, 0.4) is 0 Å². The Bertz CT molecular complexity index is 946. The van der Waals surface area contributed by atoms with Crippen molar-refractivity contribution < 1.29 is 8.42 Å². The summed E-state index contributed by atoms with van der Waals surface area (Å²) in [4.78, 5) is 4.57. The SMILES string of the molecule is CN=C(NCc1ccc(Cl)cc1)NCc1cccc(S(=O)(=O)N2CCCCC2)c1.I. The second kappa shape index (κ2) is 11.9. The van der Waals surface area contributed by atoms with Crippen molar-refractivity contribution in [1.82, 2.24) is 14.9 Å². The summed E-state index contributed by atoms with van der Waals surface area (Å²) in [6, 6.07) is 14.7. The van der Waals surface area contributed by atoms with Crippen molar-refractivity contribution in [3.05, 3.63) is 64.7 Å². The van der Waals surface area contributed by atoms with Crippen LogP contribution >= 0.6 is 35.6 Å². The predicted octanol–water partition coefficient (Wildman–Crippen LogP) is 4.00. The van der Waals surface area contributed by atoms with Crippen LogP contribution in [0.2, 0.25) is 5.02 Å². The van der Waals surface area contributed by atoms with E-state index in [-0.39, 0.29) is 24.0 Å². The average Bonchev–Trinajstić information content (AvgIpc) is 2.76. The summed E-state index contributed by atoms with van der Waals surface area (Å²) in [6.45, 7) is 2.29. The first kappa shape index (κ1) is 24.9. The minimum absolute atomic E-state index is 0. The first-order valence-corrected chi connectivity index (χ1v) is 11.6. The smallest absolute Gasteiger partial charge is 0.243 e. The van der Waals surface area contributed by atoms with Gasteiger partial charge in [0.1, 0.15) is 0 Å². The van der Waals surface area contributed by atoms with Crippen LogP contribution < -0.4 is 10.6 Å². The molecule has 9 heteroatoms. The van der Waals surface area contributed by atoms with Gasteiger partial charge in [0.2, 0.25) is 10.0 Å². The van der Waals surface area contributed by atoms with E-state index < -0.39 is 10.0 Å². The highest BCUT2D eigenvalue weighted by Gasteiger charge is 2.25. The van der Waals surface area contributed by atoms with E-state index in [1.165, 1.54) is 0 Å². The third kappa shape index (κ3) is 6.83. The number of nitrogens with one attached hydrogen (secondary N) is 2. The molecule has 1 fully saturated rings. The van der Waals surface area contributed by atoms with Crippen LogP contribution in [0.5, 0.6) is 0 Å². The number of halogens is 2.